The molecule has 1 rings (SSSR count). The van der Waals surface area contributed by atoms with Gasteiger partial charge in [0.1, 0.15) is 5.60 Å². The van der Waals surface area contributed by atoms with Crippen molar-refractivity contribution in [3.8, 4) is 0 Å². The second kappa shape index (κ2) is 3.56. The van der Waals surface area contributed by atoms with Crippen molar-refractivity contribution in [3.63, 3.8) is 0 Å². The maximum atomic E-state index is 11.6. The van der Waals surface area contributed by atoms with E-state index in [9.17, 15) is 9.90 Å². The molecule has 1 N–H and O–H groups in total. The van der Waals surface area contributed by atoms with Crippen LogP contribution >= 0.6 is 0 Å². The van der Waals surface area contributed by atoms with Crippen molar-refractivity contribution in [2.24, 2.45) is 5.92 Å². The average molecular weight is 170 g/mol. The zero-order chi connectivity index (χ0) is 9.19. The molecule has 0 spiro atoms. The van der Waals surface area contributed by atoms with Gasteiger partial charge in [-0.3, -0.25) is 4.79 Å². The van der Waals surface area contributed by atoms with E-state index in [-0.39, 0.29) is 11.7 Å². The standard InChI is InChI=1S/C10H18O2/c1-3-8(2)9(11)10(12)6-4-5-7-10/h8,12H,3-7H2,1-2H3. The predicted octanol–water partition coefficient (Wildman–Crippen LogP) is 1.91. The summed E-state index contributed by atoms with van der Waals surface area (Å²) >= 11 is 0. The molecule has 0 aliphatic heterocycles. The minimum atomic E-state index is -0.963. The number of rotatable bonds is 3. The van der Waals surface area contributed by atoms with Crippen molar-refractivity contribution in [1.29, 1.82) is 0 Å². The lowest BCUT2D eigenvalue weighted by molar-refractivity contribution is -0.140. The van der Waals surface area contributed by atoms with Gasteiger partial charge in [-0.25, -0.2) is 0 Å². The second-order valence-electron chi connectivity index (χ2n) is 3.91. The van der Waals surface area contributed by atoms with Crippen LogP contribution in [-0.4, -0.2) is 16.5 Å². The fourth-order valence-corrected chi connectivity index (χ4v) is 1.85. The molecule has 1 aliphatic rings. The molecule has 1 atom stereocenters. The van der Waals surface area contributed by atoms with Crippen molar-refractivity contribution >= 4 is 5.78 Å². The van der Waals surface area contributed by atoms with Gasteiger partial charge in [0.15, 0.2) is 5.78 Å². The first-order valence-corrected chi connectivity index (χ1v) is 4.87. The fourth-order valence-electron chi connectivity index (χ4n) is 1.85. The summed E-state index contributed by atoms with van der Waals surface area (Å²) in [5.41, 5.74) is -0.963. The molecule has 0 aromatic rings. The number of hydrogen-bond donors (Lipinski definition) is 1. The van der Waals surface area contributed by atoms with Crippen LogP contribution in [0.15, 0.2) is 0 Å². The number of hydrogen-bond acceptors (Lipinski definition) is 2. The van der Waals surface area contributed by atoms with E-state index in [1.54, 1.807) is 0 Å². The topological polar surface area (TPSA) is 37.3 Å². The maximum absolute atomic E-state index is 11.6. The lowest BCUT2D eigenvalue weighted by Crippen LogP contribution is -2.39. The molecule has 0 radical (unpaired) electrons. The first kappa shape index (κ1) is 9.72. The Morgan fingerprint density at radius 1 is 1.50 bits per heavy atom. The van der Waals surface area contributed by atoms with E-state index in [0.717, 1.165) is 19.3 Å². The number of carbonyl (C=O) groups is 1. The van der Waals surface area contributed by atoms with Crippen LogP contribution in [0.5, 0.6) is 0 Å². The Kier molecular flexibility index (Phi) is 2.89. The summed E-state index contributed by atoms with van der Waals surface area (Å²) in [7, 11) is 0. The summed E-state index contributed by atoms with van der Waals surface area (Å²) in [4.78, 5) is 11.6. The summed E-state index contributed by atoms with van der Waals surface area (Å²) in [5.74, 6) is 0.0793. The molecular weight excluding hydrogens is 152 g/mol. The van der Waals surface area contributed by atoms with Gasteiger partial charge in [0.25, 0.3) is 0 Å². The van der Waals surface area contributed by atoms with E-state index in [0.29, 0.717) is 12.8 Å². The van der Waals surface area contributed by atoms with Crippen molar-refractivity contribution in [2.45, 2.75) is 51.6 Å². The first-order chi connectivity index (χ1) is 5.60. The molecule has 2 nitrogen and oxygen atoms in total. The molecule has 0 saturated heterocycles. The van der Waals surface area contributed by atoms with Gasteiger partial charge in [0.2, 0.25) is 0 Å². The summed E-state index contributed by atoms with van der Waals surface area (Å²) in [5, 5.41) is 9.91. The zero-order valence-electron chi connectivity index (χ0n) is 7.97. The minimum Gasteiger partial charge on any atom is -0.382 e. The highest BCUT2D eigenvalue weighted by Crippen LogP contribution is 2.32. The van der Waals surface area contributed by atoms with Crippen LogP contribution in [0.1, 0.15) is 46.0 Å². The van der Waals surface area contributed by atoms with Gasteiger partial charge in [0.05, 0.1) is 0 Å². The highest BCUT2D eigenvalue weighted by molar-refractivity contribution is 5.89. The van der Waals surface area contributed by atoms with Crippen LogP contribution in [0.3, 0.4) is 0 Å². The van der Waals surface area contributed by atoms with E-state index in [1.807, 2.05) is 13.8 Å². The molecule has 0 bridgehead atoms. The van der Waals surface area contributed by atoms with E-state index in [1.165, 1.54) is 0 Å². The summed E-state index contributed by atoms with van der Waals surface area (Å²) in [6, 6.07) is 0. The van der Waals surface area contributed by atoms with Gasteiger partial charge < -0.3 is 5.11 Å². The quantitative estimate of drug-likeness (QED) is 0.702. The molecule has 1 fully saturated rings. The summed E-state index contributed by atoms with van der Waals surface area (Å²) < 4.78 is 0. The highest BCUT2D eigenvalue weighted by Gasteiger charge is 2.40. The Labute approximate surface area is 74.0 Å². The third kappa shape index (κ3) is 1.69. The molecule has 12 heavy (non-hydrogen) atoms. The monoisotopic (exact) mass is 170 g/mol. The predicted molar refractivity (Wildman–Crippen MR) is 47.9 cm³/mol. The molecule has 0 aromatic heterocycles. The second-order valence-corrected chi connectivity index (χ2v) is 3.91. The molecule has 70 valence electrons. The van der Waals surface area contributed by atoms with E-state index in [2.05, 4.69) is 0 Å². The molecule has 0 amide bonds. The zero-order valence-corrected chi connectivity index (χ0v) is 7.97. The number of Topliss-reactive ketones (excluding diaryl/α,β-unsaturated/α-hetero) is 1. The maximum Gasteiger partial charge on any atom is 0.167 e. The number of aliphatic hydroxyl groups is 1. The van der Waals surface area contributed by atoms with E-state index >= 15 is 0 Å². The smallest absolute Gasteiger partial charge is 0.167 e. The Bertz CT molecular complexity index is 169. The van der Waals surface area contributed by atoms with Crippen LogP contribution < -0.4 is 0 Å². The fraction of sp³-hybridized carbons (Fsp3) is 0.900. The lowest BCUT2D eigenvalue weighted by Gasteiger charge is -2.23. The number of ketones is 1. The summed E-state index contributed by atoms with van der Waals surface area (Å²) in [6.45, 7) is 3.89. The molecule has 2 heteroatoms. The minimum absolute atomic E-state index is 0.0214. The number of carbonyl (C=O) groups excluding carboxylic acids is 1. The van der Waals surface area contributed by atoms with Crippen LogP contribution in [0.25, 0.3) is 0 Å². The lowest BCUT2D eigenvalue weighted by atomic mass is 9.87. The largest absolute Gasteiger partial charge is 0.382 e. The Balaban J connectivity index is 2.61. The van der Waals surface area contributed by atoms with Gasteiger partial charge in [0, 0.05) is 5.92 Å². The van der Waals surface area contributed by atoms with Gasteiger partial charge in [-0.2, -0.15) is 0 Å². The normalized spacial score (nSPS) is 23.9. The Hall–Kier alpha value is -0.370. The van der Waals surface area contributed by atoms with Crippen LogP contribution in [0.4, 0.5) is 0 Å². The third-order valence-electron chi connectivity index (χ3n) is 2.95. The highest BCUT2D eigenvalue weighted by atomic mass is 16.3. The van der Waals surface area contributed by atoms with E-state index < -0.39 is 5.60 Å². The van der Waals surface area contributed by atoms with Gasteiger partial charge in [-0.1, -0.05) is 13.8 Å². The molecule has 0 heterocycles. The van der Waals surface area contributed by atoms with Crippen molar-refractivity contribution in [3.05, 3.63) is 0 Å². The first-order valence-electron chi connectivity index (χ1n) is 4.87. The Morgan fingerprint density at radius 2 is 2.00 bits per heavy atom. The van der Waals surface area contributed by atoms with Gasteiger partial charge >= 0.3 is 0 Å². The summed E-state index contributed by atoms with van der Waals surface area (Å²) in [6.07, 6.45) is 4.19. The van der Waals surface area contributed by atoms with E-state index in [4.69, 9.17) is 0 Å². The molecule has 1 saturated carbocycles. The average Bonchev–Trinajstić information content (AvgIpc) is 2.50. The van der Waals surface area contributed by atoms with Crippen molar-refractivity contribution < 1.29 is 9.90 Å². The van der Waals surface area contributed by atoms with Crippen molar-refractivity contribution in [1.82, 2.24) is 0 Å². The SMILES string of the molecule is CCC(C)C(=O)C1(O)CCCC1. The molecule has 1 aliphatic carbocycles. The molecule has 0 aromatic carbocycles. The molecular formula is C10H18O2. The van der Waals surface area contributed by atoms with Crippen molar-refractivity contribution in [2.75, 3.05) is 0 Å². The van der Waals surface area contributed by atoms with Gasteiger partial charge in [-0.05, 0) is 32.1 Å². The van der Waals surface area contributed by atoms with Crippen LogP contribution in [-0.2, 0) is 4.79 Å². The Morgan fingerprint density at radius 3 is 2.42 bits per heavy atom. The third-order valence-corrected chi connectivity index (χ3v) is 2.95. The van der Waals surface area contributed by atoms with Crippen LogP contribution in [0, 0.1) is 5.92 Å². The molecule has 1 unspecified atom stereocenters. The van der Waals surface area contributed by atoms with Gasteiger partial charge in [-0.15, -0.1) is 0 Å². The van der Waals surface area contributed by atoms with Crippen LogP contribution in [0.2, 0.25) is 0 Å².